The van der Waals surface area contributed by atoms with Crippen molar-refractivity contribution in [3.63, 3.8) is 0 Å². The molecule has 98 valence electrons. The maximum absolute atomic E-state index is 11.8. The number of benzene rings is 1. The van der Waals surface area contributed by atoms with E-state index in [9.17, 15) is 4.79 Å². The fraction of sp³-hybridized carbons (Fsp3) is 0.200. The first-order chi connectivity index (χ1) is 9.31. The summed E-state index contributed by atoms with van der Waals surface area (Å²) in [5, 5.41) is 3.03. The number of nitrogens with one attached hydrogen (secondary N) is 1. The van der Waals surface area contributed by atoms with E-state index in [4.69, 9.17) is 0 Å². The molecule has 0 saturated heterocycles. The van der Waals surface area contributed by atoms with Crippen LogP contribution in [0.4, 0.5) is 0 Å². The van der Waals surface area contributed by atoms with Gasteiger partial charge in [0.2, 0.25) is 5.91 Å². The number of pyridine rings is 1. The van der Waals surface area contributed by atoms with Crippen LogP contribution in [0, 0.1) is 0 Å². The van der Waals surface area contributed by atoms with Crippen LogP contribution in [-0.2, 0) is 4.79 Å². The standard InChI is InChI=1S/C15H16N2OS/c1-19-11-14(18)17-15(12-7-3-2-4-8-12)13-9-5-6-10-16-13/h2-10,15H,11H2,1H3,(H,17,18)/t15-/m1/s1. The van der Waals surface area contributed by atoms with Gasteiger partial charge in [0.05, 0.1) is 17.5 Å². The Balaban J connectivity index is 2.26. The quantitative estimate of drug-likeness (QED) is 0.910. The zero-order chi connectivity index (χ0) is 13.5. The van der Waals surface area contributed by atoms with Crippen molar-refractivity contribution in [1.29, 1.82) is 0 Å². The summed E-state index contributed by atoms with van der Waals surface area (Å²) in [5.74, 6) is 0.475. The predicted octanol–water partition coefficient (Wildman–Crippen LogP) is 2.65. The molecule has 1 N–H and O–H groups in total. The van der Waals surface area contributed by atoms with Gasteiger partial charge >= 0.3 is 0 Å². The lowest BCUT2D eigenvalue weighted by atomic mass is 10.0. The summed E-state index contributed by atoms with van der Waals surface area (Å²) in [6.45, 7) is 0. The highest BCUT2D eigenvalue weighted by Crippen LogP contribution is 2.19. The molecule has 3 nitrogen and oxygen atoms in total. The highest BCUT2D eigenvalue weighted by atomic mass is 32.2. The first-order valence-corrected chi connectivity index (χ1v) is 7.45. The summed E-state index contributed by atoms with van der Waals surface area (Å²) >= 11 is 1.51. The summed E-state index contributed by atoms with van der Waals surface area (Å²) in [6, 6.07) is 15.4. The van der Waals surface area contributed by atoms with Crippen LogP contribution in [0.25, 0.3) is 0 Å². The van der Waals surface area contributed by atoms with Crippen molar-refractivity contribution in [2.24, 2.45) is 0 Å². The molecule has 0 aliphatic heterocycles. The van der Waals surface area contributed by atoms with Crippen molar-refractivity contribution in [2.75, 3.05) is 12.0 Å². The summed E-state index contributed by atoms with van der Waals surface area (Å²) in [6.07, 6.45) is 3.66. The zero-order valence-electron chi connectivity index (χ0n) is 10.7. The zero-order valence-corrected chi connectivity index (χ0v) is 11.6. The topological polar surface area (TPSA) is 42.0 Å². The second kappa shape index (κ2) is 6.95. The first-order valence-electron chi connectivity index (χ1n) is 6.05. The van der Waals surface area contributed by atoms with Crippen LogP contribution in [-0.4, -0.2) is 22.9 Å². The number of hydrogen-bond donors (Lipinski definition) is 1. The molecule has 0 fully saturated rings. The highest BCUT2D eigenvalue weighted by Gasteiger charge is 2.17. The maximum Gasteiger partial charge on any atom is 0.230 e. The van der Waals surface area contributed by atoms with E-state index in [2.05, 4.69) is 10.3 Å². The van der Waals surface area contributed by atoms with E-state index in [0.717, 1.165) is 11.3 Å². The minimum absolute atomic E-state index is 0.0204. The number of carbonyl (C=O) groups excluding carboxylic acids is 1. The molecule has 0 aliphatic rings. The van der Waals surface area contributed by atoms with Crippen LogP contribution >= 0.6 is 11.8 Å². The van der Waals surface area contributed by atoms with Crippen LogP contribution in [0.5, 0.6) is 0 Å². The van der Waals surface area contributed by atoms with Crippen LogP contribution in [0.15, 0.2) is 54.7 Å². The van der Waals surface area contributed by atoms with Gasteiger partial charge in [-0.3, -0.25) is 9.78 Å². The van der Waals surface area contributed by atoms with Gasteiger partial charge in [0.1, 0.15) is 0 Å². The van der Waals surface area contributed by atoms with Crippen molar-refractivity contribution < 1.29 is 4.79 Å². The number of thioether (sulfide) groups is 1. The molecule has 2 aromatic rings. The van der Waals surface area contributed by atoms with Gasteiger partial charge in [0, 0.05) is 6.20 Å². The van der Waals surface area contributed by atoms with Crippen LogP contribution in [0.1, 0.15) is 17.3 Å². The number of hydrogen-bond acceptors (Lipinski definition) is 3. The minimum atomic E-state index is -0.193. The van der Waals surface area contributed by atoms with Crippen LogP contribution < -0.4 is 5.32 Å². The second-order valence-corrected chi connectivity index (χ2v) is 4.96. The third kappa shape index (κ3) is 3.83. The molecule has 0 unspecified atom stereocenters. The number of nitrogens with zero attached hydrogens (tertiary/aromatic N) is 1. The third-order valence-corrected chi connectivity index (χ3v) is 3.25. The van der Waals surface area contributed by atoms with Gasteiger partial charge in [-0.15, -0.1) is 0 Å². The summed E-state index contributed by atoms with van der Waals surface area (Å²) in [7, 11) is 0. The summed E-state index contributed by atoms with van der Waals surface area (Å²) in [5.41, 5.74) is 1.89. The minimum Gasteiger partial charge on any atom is -0.343 e. The van der Waals surface area contributed by atoms with E-state index in [0.29, 0.717) is 5.75 Å². The Morgan fingerprint density at radius 2 is 1.95 bits per heavy atom. The van der Waals surface area contributed by atoms with Crippen molar-refractivity contribution in [2.45, 2.75) is 6.04 Å². The fourth-order valence-corrected chi connectivity index (χ4v) is 2.20. The molecule has 4 heteroatoms. The second-order valence-electron chi connectivity index (χ2n) is 4.10. The Bertz CT molecular complexity index is 477. The molecule has 1 atom stereocenters. The lowest BCUT2D eigenvalue weighted by Crippen LogP contribution is -2.31. The molecule has 0 aliphatic carbocycles. The molecule has 0 radical (unpaired) electrons. The van der Waals surface area contributed by atoms with E-state index in [-0.39, 0.29) is 11.9 Å². The van der Waals surface area contributed by atoms with Gasteiger partial charge in [-0.05, 0) is 24.0 Å². The average molecular weight is 272 g/mol. The van der Waals surface area contributed by atoms with E-state index in [1.165, 1.54) is 11.8 Å². The lowest BCUT2D eigenvalue weighted by Gasteiger charge is -2.18. The fourth-order valence-electron chi connectivity index (χ4n) is 1.85. The van der Waals surface area contributed by atoms with Gasteiger partial charge in [0.25, 0.3) is 0 Å². The van der Waals surface area contributed by atoms with Crippen LogP contribution in [0.2, 0.25) is 0 Å². The molecular formula is C15H16N2OS. The highest BCUT2D eigenvalue weighted by molar-refractivity contribution is 7.99. The van der Waals surface area contributed by atoms with Gasteiger partial charge in [-0.2, -0.15) is 11.8 Å². The Labute approximate surface area is 117 Å². The van der Waals surface area contributed by atoms with Crippen molar-refractivity contribution in [3.8, 4) is 0 Å². The molecule has 1 heterocycles. The number of amides is 1. The molecule has 0 bridgehead atoms. The van der Waals surface area contributed by atoms with Gasteiger partial charge in [-0.25, -0.2) is 0 Å². The summed E-state index contributed by atoms with van der Waals surface area (Å²) in [4.78, 5) is 16.2. The molecule has 0 saturated carbocycles. The SMILES string of the molecule is CSCC(=O)N[C@H](c1ccccc1)c1ccccn1. The predicted molar refractivity (Wildman–Crippen MR) is 79.0 cm³/mol. The molecule has 1 amide bonds. The van der Waals surface area contributed by atoms with Gasteiger partial charge in [0.15, 0.2) is 0 Å². The molecule has 19 heavy (non-hydrogen) atoms. The molecule has 1 aromatic carbocycles. The van der Waals surface area contributed by atoms with E-state index < -0.39 is 0 Å². The Hall–Kier alpha value is -1.81. The smallest absolute Gasteiger partial charge is 0.230 e. The maximum atomic E-state index is 11.8. The molecule has 1 aromatic heterocycles. The van der Waals surface area contributed by atoms with Crippen molar-refractivity contribution >= 4 is 17.7 Å². The number of rotatable bonds is 5. The van der Waals surface area contributed by atoms with E-state index in [1.54, 1.807) is 6.20 Å². The van der Waals surface area contributed by atoms with E-state index in [1.807, 2.05) is 54.8 Å². The molecular weight excluding hydrogens is 256 g/mol. The van der Waals surface area contributed by atoms with Gasteiger partial charge < -0.3 is 5.32 Å². The molecule has 2 rings (SSSR count). The van der Waals surface area contributed by atoms with Crippen LogP contribution in [0.3, 0.4) is 0 Å². The average Bonchev–Trinajstić information content (AvgIpc) is 2.47. The lowest BCUT2D eigenvalue weighted by molar-refractivity contribution is -0.119. The van der Waals surface area contributed by atoms with E-state index >= 15 is 0 Å². The molecule has 0 spiro atoms. The third-order valence-electron chi connectivity index (χ3n) is 2.70. The number of carbonyl (C=O) groups is 1. The monoisotopic (exact) mass is 272 g/mol. The first kappa shape index (κ1) is 13.6. The van der Waals surface area contributed by atoms with Crippen molar-refractivity contribution in [3.05, 3.63) is 66.0 Å². The Morgan fingerprint density at radius 3 is 2.58 bits per heavy atom. The Kier molecular flexibility index (Phi) is 4.98. The normalized spacial score (nSPS) is 11.8. The summed E-state index contributed by atoms with van der Waals surface area (Å²) < 4.78 is 0. The van der Waals surface area contributed by atoms with Crippen molar-refractivity contribution in [1.82, 2.24) is 10.3 Å². The van der Waals surface area contributed by atoms with Gasteiger partial charge in [-0.1, -0.05) is 36.4 Å². The number of aromatic nitrogens is 1. The Morgan fingerprint density at radius 1 is 1.21 bits per heavy atom. The largest absolute Gasteiger partial charge is 0.343 e.